The zero-order chi connectivity index (χ0) is 20.9. The summed E-state index contributed by atoms with van der Waals surface area (Å²) in [4.78, 5) is 19.7. The van der Waals surface area contributed by atoms with Crippen molar-refractivity contribution in [3.05, 3.63) is 70.9 Å². The molecular formula is C23H24ClN3O3. The number of rotatable bonds is 6. The number of aromatic nitrogens is 1. The van der Waals surface area contributed by atoms with E-state index in [4.69, 9.17) is 21.1 Å². The van der Waals surface area contributed by atoms with E-state index in [1.807, 2.05) is 48.5 Å². The number of pyridine rings is 1. The van der Waals surface area contributed by atoms with Crippen LogP contribution in [-0.4, -0.2) is 55.7 Å². The van der Waals surface area contributed by atoms with Crippen molar-refractivity contribution >= 4 is 28.4 Å². The number of para-hydroxylation sites is 1. The predicted molar refractivity (Wildman–Crippen MR) is 117 cm³/mol. The normalized spacial score (nSPS) is 15.7. The molecule has 1 saturated heterocycles. The van der Waals surface area contributed by atoms with E-state index >= 15 is 0 Å². The summed E-state index contributed by atoms with van der Waals surface area (Å²) in [7, 11) is 1.65. The van der Waals surface area contributed by atoms with Gasteiger partial charge in [0.05, 0.1) is 37.4 Å². The van der Waals surface area contributed by atoms with E-state index in [0.29, 0.717) is 36.0 Å². The highest BCUT2D eigenvalue weighted by molar-refractivity contribution is 6.30. The van der Waals surface area contributed by atoms with Gasteiger partial charge in [0.15, 0.2) is 0 Å². The van der Waals surface area contributed by atoms with Crippen LogP contribution in [0.25, 0.3) is 10.9 Å². The van der Waals surface area contributed by atoms with Crippen LogP contribution in [0.3, 0.4) is 0 Å². The molecule has 30 heavy (non-hydrogen) atoms. The van der Waals surface area contributed by atoms with Gasteiger partial charge in [-0.05, 0) is 29.8 Å². The van der Waals surface area contributed by atoms with Crippen LogP contribution >= 0.6 is 11.6 Å². The maximum absolute atomic E-state index is 13.1. The van der Waals surface area contributed by atoms with Crippen molar-refractivity contribution < 1.29 is 14.3 Å². The number of benzene rings is 2. The molecule has 156 valence electrons. The largest absolute Gasteiger partial charge is 0.497 e. The molecule has 2 aromatic carbocycles. The maximum Gasteiger partial charge on any atom is 0.252 e. The summed E-state index contributed by atoms with van der Waals surface area (Å²) >= 11 is 6.15. The zero-order valence-electron chi connectivity index (χ0n) is 16.8. The summed E-state index contributed by atoms with van der Waals surface area (Å²) in [6.45, 7) is 3.48. The average Bonchev–Trinajstić information content (AvgIpc) is 2.79. The van der Waals surface area contributed by atoms with Gasteiger partial charge < -0.3 is 14.8 Å². The molecule has 1 aromatic heterocycles. The number of ether oxygens (including phenoxy) is 2. The van der Waals surface area contributed by atoms with Gasteiger partial charge in [0.2, 0.25) is 0 Å². The molecule has 0 aliphatic carbocycles. The van der Waals surface area contributed by atoms with Crippen LogP contribution in [0.1, 0.15) is 22.0 Å². The lowest BCUT2D eigenvalue weighted by molar-refractivity contribution is 0.0162. The average molecular weight is 426 g/mol. The SMILES string of the molecule is COc1ccc(C(CNC(=O)c2cc(Cl)nc3ccccc23)N2CCOCC2)cc1. The Morgan fingerprint density at radius 1 is 1.20 bits per heavy atom. The lowest BCUT2D eigenvalue weighted by Gasteiger charge is -2.35. The number of carbonyl (C=O) groups is 1. The minimum absolute atomic E-state index is 0.0346. The molecule has 1 aliphatic heterocycles. The van der Waals surface area contributed by atoms with Crippen LogP contribution in [0.5, 0.6) is 5.75 Å². The van der Waals surface area contributed by atoms with Gasteiger partial charge in [-0.1, -0.05) is 41.9 Å². The fourth-order valence-corrected chi connectivity index (χ4v) is 3.99. The summed E-state index contributed by atoms with van der Waals surface area (Å²) in [5.74, 6) is 0.642. The minimum atomic E-state index is -0.165. The minimum Gasteiger partial charge on any atom is -0.497 e. The standard InChI is InChI=1S/C23H24ClN3O3/c1-29-17-8-6-16(7-9-17)21(27-10-12-30-13-11-27)15-25-23(28)19-14-22(24)26-20-5-3-2-4-18(19)20/h2-9,14,21H,10-13,15H2,1H3,(H,25,28). The van der Waals surface area contributed by atoms with Gasteiger partial charge in [-0.3, -0.25) is 9.69 Å². The first-order valence-corrected chi connectivity index (χ1v) is 10.3. The van der Waals surface area contributed by atoms with Crippen LogP contribution < -0.4 is 10.1 Å². The molecule has 3 aromatic rings. The highest BCUT2D eigenvalue weighted by Gasteiger charge is 2.24. The number of carbonyl (C=O) groups excluding carboxylic acids is 1. The van der Waals surface area contributed by atoms with Crippen molar-refractivity contribution in [1.82, 2.24) is 15.2 Å². The molecule has 0 saturated carbocycles. The molecule has 6 nitrogen and oxygen atoms in total. The van der Waals surface area contributed by atoms with Gasteiger partial charge in [0.25, 0.3) is 5.91 Å². The molecule has 1 fully saturated rings. The van der Waals surface area contributed by atoms with Gasteiger partial charge in [-0.25, -0.2) is 4.98 Å². The monoisotopic (exact) mass is 425 g/mol. The number of halogens is 1. The molecule has 2 heterocycles. The van der Waals surface area contributed by atoms with Crippen LogP contribution in [0.15, 0.2) is 54.6 Å². The number of hydrogen-bond acceptors (Lipinski definition) is 5. The summed E-state index contributed by atoms with van der Waals surface area (Å²) in [6, 6.07) is 17.1. The Hall–Kier alpha value is -2.67. The number of hydrogen-bond donors (Lipinski definition) is 1. The molecule has 0 bridgehead atoms. The summed E-state index contributed by atoms with van der Waals surface area (Å²) in [5.41, 5.74) is 2.35. The quantitative estimate of drug-likeness (QED) is 0.610. The Labute approximate surface area is 180 Å². The van der Waals surface area contributed by atoms with Gasteiger partial charge >= 0.3 is 0 Å². The van der Waals surface area contributed by atoms with Crippen molar-refractivity contribution in [3.63, 3.8) is 0 Å². The first kappa shape index (κ1) is 20.6. The van der Waals surface area contributed by atoms with Crippen molar-refractivity contribution in [2.45, 2.75) is 6.04 Å². The number of nitrogens with one attached hydrogen (secondary N) is 1. The fourth-order valence-electron chi connectivity index (χ4n) is 3.79. The Balaban J connectivity index is 1.56. The first-order valence-electron chi connectivity index (χ1n) is 9.95. The van der Waals surface area contributed by atoms with E-state index < -0.39 is 0 Å². The molecule has 0 radical (unpaired) electrons. The van der Waals surface area contributed by atoms with E-state index in [2.05, 4.69) is 15.2 Å². The van der Waals surface area contributed by atoms with Crippen molar-refractivity contribution in [3.8, 4) is 5.75 Å². The Morgan fingerprint density at radius 3 is 2.67 bits per heavy atom. The molecule has 0 spiro atoms. The highest BCUT2D eigenvalue weighted by atomic mass is 35.5. The second kappa shape index (κ2) is 9.43. The van der Waals surface area contributed by atoms with Crippen LogP contribution in [0.4, 0.5) is 0 Å². The van der Waals surface area contributed by atoms with Crippen molar-refractivity contribution in [2.24, 2.45) is 0 Å². The lowest BCUT2D eigenvalue weighted by atomic mass is 10.0. The molecule has 1 N–H and O–H groups in total. The summed E-state index contributed by atoms with van der Waals surface area (Å²) in [6.07, 6.45) is 0. The van der Waals surface area contributed by atoms with Crippen LogP contribution in [0.2, 0.25) is 5.15 Å². The van der Waals surface area contributed by atoms with Gasteiger partial charge in [-0.2, -0.15) is 0 Å². The van der Waals surface area contributed by atoms with Crippen LogP contribution in [0, 0.1) is 0 Å². The number of nitrogens with zero attached hydrogens (tertiary/aromatic N) is 2. The van der Waals surface area contributed by atoms with E-state index in [1.54, 1.807) is 13.2 Å². The highest BCUT2D eigenvalue weighted by Crippen LogP contribution is 2.25. The van der Waals surface area contributed by atoms with Gasteiger partial charge in [0, 0.05) is 25.0 Å². The predicted octanol–water partition coefficient (Wildman–Crippen LogP) is 3.70. The van der Waals surface area contributed by atoms with E-state index in [1.165, 1.54) is 0 Å². The third-order valence-electron chi connectivity index (χ3n) is 5.37. The van der Waals surface area contributed by atoms with E-state index in [0.717, 1.165) is 29.8 Å². The topological polar surface area (TPSA) is 63.7 Å². The first-order chi connectivity index (χ1) is 14.7. The Bertz CT molecular complexity index is 1020. The molecule has 1 unspecified atom stereocenters. The van der Waals surface area contributed by atoms with Crippen molar-refractivity contribution in [1.29, 1.82) is 0 Å². The van der Waals surface area contributed by atoms with E-state index in [-0.39, 0.29) is 11.9 Å². The van der Waals surface area contributed by atoms with Crippen molar-refractivity contribution in [2.75, 3.05) is 40.0 Å². The number of morpholine rings is 1. The second-order valence-corrected chi connectivity index (χ2v) is 7.54. The molecule has 1 aliphatic rings. The molecule has 1 amide bonds. The molecular weight excluding hydrogens is 402 g/mol. The smallest absolute Gasteiger partial charge is 0.252 e. The number of fused-ring (bicyclic) bond motifs is 1. The molecule has 7 heteroatoms. The summed E-state index contributed by atoms with van der Waals surface area (Å²) < 4.78 is 10.8. The third kappa shape index (κ3) is 4.56. The maximum atomic E-state index is 13.1. The summed E-state index contributed by atoms with van der Waals surface area (Å²) in [5, 5.41) is 4.19. The zero-order valence-corrected chi connectivity index (χ0v) is 17.6. The molecule has 1 atom stereocenters. The van der Waals surface area contributed by atoms with Gasteiger partial charge in [-0.15, -0.1) is 0 Å². The fraction of sp³-hybridized carbons (Fsp3) is 0.304. The van der Waals surface area contributed by atoms with Gasteiger partial charge in [0.1, 0.15) is 10.9 Å². The third-order valence-corrected chi connectivity index (χ3v) is 5.57. The Morgan fingerprint density at radius 2 is 1.93 bits per heavy atom. The molecule has 4 rings (SSSR count). The number of amides is 1. The number of methoxy groups -OCH3 is 1. The lowest BCUT2D eigenvalue weighted by Crippen LogP contribution is -2.43. The second-order valence-electron chi connectivity index (χ2n) is 7.16. The van der Waals surface area contributed by atoms with Crippen LogP contribution in [-0.2, 0) is 4.74 Å². The van der Waals surface area contributed by atoms with E-state index in [9.17, 15) is 4.79 Å². The Kier molecular flexibility index (Phi) is 6.47.